The van der Waals surface area contributed by atoms with Gasteiger partial charge < -0.3 is 19.7 Å². The number of halogens is 1. The van der Waals surface area contributed by atoms with E-state index in [0.717, 1.165) is 23.2 Å². The molecule has 0 radical (unpaired) electrons. The summed E-state index contributed by atoms with van der Waals surface area (Å²) in [4.78, 5) is 25.7. The molecule has 0 fully saturated rings. The van der Waals surface area contributed by atoms with Crippen LogP contribution in [0.3, 0.4) is 0 Å². The quantitative estimate of drug-likeness (QED) is 0.715. The van der Waals surface area contributed by atoms with Gasteiger partial charge in [-0.05, 0) is 60.9 Å². The van der Waals surface area contributed by atoms with Crippen LogP contribution < -0.4 is 19.7 Å². The molecule has 0 aliphatic carbocycles. The van der Waals surface area contributed by atoms with Crippen LogP contribution in [0.1, 0.15) is 25.0 Å². The van der Waals surface area contributed by atoms with Crippen LogP contribution in [0.5, 0.6) is 11.5 Å². The Balaban J connectivity index is 1.71. The van der Waals surface area contributed by atoms with E-state index in [1.54, 1.807) is 36.1 Å². The summed E-state index contributed by atoms with van der Waals surface area (Å²) < 4.78 is 10.8. The van der Waals surface area contributed by atoms with Crippen LogP contribution in [0.25, 0.3) is 6.08 Å². The molecule has 7 heteroatoms. The van der Waals surface area contributed by atoms with Crippen molar-refractivity contribution in [2.24, 2.45) is 0 Å². The lowest BCUT2D eigenvalue weighted by Crippen LogP contribution is -2.25. The lowest BCUT2D eigenvalue weighted by Gasteiger charge is -2.14. The first-order valence-electron chi connectivity index (χ1n) is 9.33. The van der Waals surface area contributed by atoms with Crippen molar-refractivity contribution in [3.63, 3.8) is 0 Å². The highest BCUT2D eigenvalue weighted by Gasteiger charge is 2.22. The number of ether oxygens (including phenoxy) is 2. The number of methoxy groups -OCH3 is 1. The zero-order valence-electron chi connectivity index (χ0n) is 16.6. The summed E-state index contributed by atoms with van der Waals surface area (Å²) in [6.07, 6.45) is 3.87. The number of amides is 2. The molecule has 2 aromatic rings. The first-order valence-corrected chi connectivity index (χ1v) is 9.71. The number of carbonyl (C=O) groups is 2. The SMILES string of the molecule is CCOc1cc(/C=C/C(=O)Nc2ccc3c(c2)CCN3C(C)=O)cc(Cl)c1OC. The Morgan fingerprint density at radius 1 is 1.28 bits per heavy atom. The highest BCUT2D eigenvalue weighted by molar-refractivity contribution is 6.32. The summed E-state index contributed by atoms with van der Waals surface area (Å²) in [6, 6.07) is 9.04. The maximum Gasteiger partial charge on any atom is 0.248 e. The van der Waals surface area contributed by atoms with Gasteiger partial charge in [0.1, 0.15) is 0 Å². The fourth-order valence-corrected chi connectivity index (χ4v) is 3.60. The molecule has 0 saturated heterocycles. The summed E-state index contributed by atoms with van der Waals surface area (Å²) in [5.41, 5.74) is 3.36. The van der Waals surface area contributed by atoms with Gasteiger partial charge in [0.2, 0.25) is 11.8 Å². The Labute approximate surface area is 175 Å². The molecule has 0 saturated carbocycles. The summed E-state index contributed by atoms with van der Waals surface area (Å²) in [6.45, 7) is 4.57. The largest absolute Gasteiger partial charge is 0.491 e. The first-order chi connectivity index (χ1) is 13.9. The van der Waals surface area contributed by atoms with Crippen molar-refractivity contribution < 1.29 is 19.1 Å². The van der Waals surface area contributed by atoms with Crippen molar-refractivity contribution in [3.8, 4) is 11.5 Å². The maximum absolute atomic E-state index is 12.3. The number of nitrogens with zero attached hydrogens (tertiary/aromatic N) is 1. The zero-order chi connectivity index (χ0) is 21.0. The van der Waals surface area contributed by atoms with E-state index in [1.165, 1.54) is 13.2 Å². The minimum Gasteiger partial charge on any atom is -0.491 e. The fraction of sp³-hybridized carbons (Fsp3) is 0.273. The Bertz CT molecular complexity index is 972. The van der Waals surface area contributed by atoms with E-state index in [9.17, 15) is 9.59 Å². The van der Waals surface area contributed by atoms with E-state index >= 15 is 0 Å². The first kappa shape index (κ1) is 20.7. The highest BCUT2D eigenvalue weighted by Crippen LogP contribution is 2.36. The highest BCUT2D eigenvalue weighted by atomic mass is 35.5. The molecular formula is C22H23ClN2O4. The molecule has 6 nitrogen and oxygen atoms in total. The number of carbonyl (C=O) groups excluding carboxylic acids is 2. The van der Waals surface area contributed by atoms with Gasteiger partial charge in [0.25, 0.3) is 0 Å². The molecular weight excluding hydrogens is 392 g/mol. The molecule has 1 aliphatic heterocycles. The third kappa shape index (κ3) is 4.71. The molecule has 29 heavy (non-hydrogen) atoms. The molecule has 2 amide bonds. The predicted molar refractivity (Wildman–Crippen MR) is 115 cm³/mol. The number of nitrogens with one attached hydrogen (secondary N) is 1. The number of hydrogen-bond donors (Lipinski definition) is 1. The van der Waals surface area contributed by atoms with Gasteiger partial charge in [0.15, 0.2) is 11.5 Å². The molecule has 1 N–H and O–H groups in total. The second-order valence-corrected chi connectivity index (χ2v) is 6.96. The van der Waals surface area contributed by atoms with Gasteiger partial charge in [0, 0.05) is 30.9 Å². The van der Waals surface area contributed by atoms with Crippen molar-refractivity contribution in [3.05, 3.63) is 52.6 Å². The molecule has 0 aromatic heterocycles. The second-order valence-electron chi connectivity index (χ2n) is 6.55. The summed E-state index contributed by atoms with van der Waals surface area (Å²) in [5.74, 6) is 0.744. The lowest BCUT2D eigenvalue weighted by atomic mass is 10.1. The molecule has 0 unspecified atom stereocenters. The summed E-state index contributed by atoms with van der Waals surface area (Å²) in [7, 11) is 1.53. The van der Waals surface area contributed by atoms with Crippen molar-refractivity contribution in [1.29, 1.82) is 0 Å². The van der Waals surface area contributed by atoms with E-state index in [2.05, 4.69) is 5.32 Å². The Morgan fingerprint density at radius 2 is 2.07 bits per heavy atom. The molecule has 2 aromatic carbocycles. The average Bonchev–Trinajstić information content (AvgIpc) is 3.10. The number of anilines is 2. The number of fused-ring (bicyclic) bond motifs is 1. The van der Waals surface area contributed by atoms with Gasteiger partial charge in [-0.25, -0.2) is 0 Å². The minimum absolute atomic E-state index is 0.0213. The summed E-state index contributed by atoms with van der Waals surface area (Å²) >= 11 is 6.24. The van der Waals surface area contributed by atoms with Gasteiger partial charge >= 0.3 is 0 Å². The number of rotatable bonds is 6. The molecule has 0 atom stereocenters. The molecule has 0 bridgehead atoms. The Morgan fingerprint density at radius 3 is 2.76 bits per heavy atom. The van der Waals surface area contributed by atoms with Crippen molar-refractivity contribution >= 4 is 40.9 Å². The van der Waals surface area contributed by atoms with Gasteiger partial charge in [-0.2, -0.15) is 0 Å². The van der Waals surface area contributed by atoms with Gasteiger partial charge in [-0.3, -0.25) is 9.59 Å². The zero-order valence-corrected chi connectivity index (χ0v) is 17.4. The van der Waals surface area contributed by atoms with Crippen molar-refractivity contribution in [1.82, 2.24) is 0 Å². The molecule has 1 aliphatic rings. The van der Waals surface area contributed by atoms with E-state index in [4.69, 9.17) is 21.1 Å². The third-order valence-corrected chi connectivity index (χ3v) is 4.87. The fourth-order valence-electron chi connectivity index (χ4n) is 3.31. The molecule has 3 rings (SSSR count). The van der Waals surface area contributed by atoms with Crippen LogP contribution in [-0.2, 0) is 16.0 Å². The Hall–Kier alpha value is -2.99. The number of benzene rings is 2. The van der Waals surface area contributed by atoms with Crippen LogP contribution in [0, 0.1) is 0 Å². The minimum atomic E-state index is -0.267. The van der Waals surface area contributed by atoms with Gasteiger partial charge in [0.05, 0.1) is 18.7 Å². The van der Waals surface area contributed by atoms with Crippen LogP contribution in [0.4, 0.5) is 11.4 Å². The van der Waals surface area contributed by atoms with E-state index in [0.29, 0.717) is 35.4 Å². The standard InChI is InChI=1S/C22H23ClN2O4/c1-4-29-20-12-15(11-18(23)22(20)28-3)5-8-21(27)24-17-6-7-19-16(13-17)9-10-25(19)14(2)26/h5-8,11-13H,4,9-10H2,1-3H3,(H,24,27)/b8-5+. The third-order valence-electron chi connectivity index (χ3n) is 4.59. The van der Waals surface area contributed by atoms with Gasteiger partial charge in [-0.1, -0.05) is 11.6 Å². The monoisotopic (exact) mass is 414 g/mol. The number of hydrogen-bond acceptors (Lipinski definition) is 4. The van der Waals surface area contributed by atoms with Crippen LogP contribution in [0.2, 0.25) is 5.02 Å². The molecule has 1 heterocycles. The summed E-state index contributed by atoms with van der Waals surface area (Å²) in [5, 5.41) is 3.25. The normalized spacial score (nSPS) is 12.8. The molecule has 0 spiro atoms. The van der Waals surface area contributed by atoms with Crippen molar-refractivity contribution in [2.75, 3.05) is 30.5 Å². The van der Waals surface area contributed by atoms with Gasteiger partial charge in [-0.15, -0.1) is 0 Å². The van der Waals surface area contributed by atoms with E-state index < -0.39 is 0 Å². The van der Waals surface area contributed by atoms with Crippen LogP contribution in [-0.4, -0.2) is 32.1 Å². The maximum atomic E-state index is 12.3. The average molecular weight is 415 g/mol. The predicted octanol–water partition coefficient (Wildman–Crippen LogP) is 4.31. The van der Waals surface area contributed by atoms with Crippen molar-refractivity contribution in [2.45, 2.75) is 20.3 Å². The Kier molecular flexibility index (Phi) is 6.44. The smallest absolute Gasteiger partial charge is 0.248 e. The lowest BCUT2D eigenvalue weighted by molar-refractivity contribution is -0.116. The molecule has 152 valence electrons. The van der Waals surface area contributed by atoms with E-state index in [1.807, 2.05) is 19.1 Å². The van der Waals surface area contributed by atoms with E-state index in [-0.39, 0.29) is 11.8 Å². The van der Waals surface area contributed by atoms with Crippen LogP contribution in [0.15, 0.2) is 36.4 Å². The second kappa shape index (κ2) is 9.01. The van der Waals surface area contributed by atoms with Crippen LogP contribution >= 0.6 is 11.6 Å². The topological polar surface area (TPSA) is 67.9 Å².